The molecule has 0 heterocycles. The maximum Gasteiger partial charge on any atom is 0.120 e. The van der Waals surface area contributed by atoms with Crippen molar-refractivity contribution in [1.82, 2.24) is 5.32 Å². The van der Waals surface area contributed by atoms with Crippen LogP contribution in [0.5, 0.6) is 11.5 Å². The summed E-state index contributed by atoms with van der Waals surface area (Å²) in [5, 5.41) is 13.3. The van der Waals surface area contributed by atoms with Crippen LogP contribution in [0.25, 0.3) is 0 Å². The van der Waals surface area contributed by atoms with E-state index in [1.54, 1.807) is 19.2 Å². The largest absolute Gasteiger partial charge is 0.508 e. The van der Waals surface area contributed by atoms with Gasteiger partial charge in [0.15, 0.2) is 0 Å². The molecule has 1 aliphatic rings. The third kappa shape index (κ3) is 2.91. The Labute approximate surface area is 103 Å². The van der Waals surface area contributed by atoms with Crippen LogP contribution in [0.1, 0.15) is 32.3 Å². The Morgan fingerprint density at radius 1 is 1.41 bits per heavy atom. The predicted octanol–water partition coefficient (Wildman–Crippen LogP) is 2.68. The van der Waals surface area contributed by atoms with Crippen LogP contribution in [0, 0.1) is 5.92 Å². The number of phenols is 1. The summed E-state index contributed by atoms with van der Waals surface area (Å²) in [5.74, 6) is 1.88. The summed E-state index contributed by atoms with van der Waals surface area (Å²) in [7, 11) is 1.64. The van der Waals surface area contributed by atoms with Gasteiger partial charge in [-0.1, -0.05) is 0 Å². The first-order chi connectivity index (χ1) is 8.03. The molecular formula is C14H21NO2. The van der Waals surface area contributed by atoms with Gasteiger partial charge in [-0.3, -0.25) is 0 Å². The van der Waals surface area contributed by atoms with Crippen molar-refractivity contribution in [3.63, 3.8) is 0 Å². The average molecular weight is 235 g/mol. The second-order valence-corrected chi connectivity index (χ2v) is 5.34. The third-order valence-electron chi connectivity index (χ3n) is 3.62. The molecule has 3 nitrogen and oxygen atoms in total. The number of hydrogen-bond donors (Lipinski definition) is 2. The van der Waals surface area contributed by atoms with Crippen LogP contribution in [0.4, 0.5) is 0 Å². The van der Waals surface area contributed by atoms with Gasteiger partial charge in [0.25, 0.3) is 0 Å². The molecule has 1 aromatic rings. The van der Waals surface area contributed by atoms with E-state index < -0.39 is 0 Å². The van der Waals surface area contributed by atoms with E-state index in [9.17, 15) is 5.11 Å². The van der Waals surface area contributed by atoms with Gasteiger partial charge in [0, 0.05) is 17.6 Å². The molecule has 0 atom stereocenters. The van der Waals surface area contributed by atoms with Crippen molar-refractivity contribution in [2.75, 3.05) is 7.11 Å². The highest BCUT2D eigenvalue weighted by atomic mass is 16.5. The number of aromatic hydroxyl groups is 1. The summed E-state index contributed by atoms with van der Waals surface area (Å²) in [5.41, 5.74) is 1.04. The first-order valence-corrected chi connectivity index (χ1v) is 6.14. The monoisotopic (exact) mass is 235 g/mol. The molecule has 1 saturated carbocycles. The smallest absolute Gasteiger partial charge is 0.120 e. The highest BCUT2D eigenvalue weighted by molar-refractivity contribution is 5.39. The predicted molar refractivity (Wildman–Crippen MR) is 68.3 cm³/mol. The van der Waals surface area contributed by atoms with E-state index in [2.05, 4.69) is 19.2 Å². The maximum atomic E-state index is 9.79. The molecule has 2 rings (SSSR count). The van der Waals surface area contributed by atoms with E-state index in [0.717, 1.165) is 17.2 Å². The van der Waals surface area contributed by atoms with Crippen LogP contribution in [0.3, 0.4) is 0 Å². The summed E-state index contributed by atoms with van der Waals surface area (Å²) >= 11 is 0. The first-order valence-electron chi connectivity index (χ1n) is 6.14. The van der Waals surface area contributed by atoms with Crippen LogP contribution in [-0.2, 0) is 6.54 Å². The van der Waals surface area contributed by atoms with Gasteiger partial charge in [-0.2, -0.15) is 0 Å². The SMILES string of the molecule is COc1ccc(O)c(CNC(C)(C)C2CC2)c1. The van der Waals surface area contributed by atoms with E-state index >= 15 is 0 Å². The number of ether oxygens (including phenoxy) is 1. The first kappa shape index (κ1) is 12.2. The van der Waals surface area contributed by atoms with Crippen LogP contribution >= 0.6 is 0 Å². The van der Waals surface area contributed by atoms with Gasteiger partial charge in [0.1, 0.15) is 11.5 Å². The van der Waals surface area contributed by atoms with Crippen molar-refractivity contribution in [1.29, 1.82) is 0 Å². The molecule has 0 radical (unpaired) electrons. The molecule has 3 heteroatoms. The van der Waals surface area contributed by atoms with Crippen molar-refractivity contribution < 1.29 is 9.84 Å². The average Bonchev–Trinajstić information content (AvgIpc) is 3.12. The van der Waals surface area contributed by atoms with E-state index in [0.29, 0.717) is 12.3 Å². The van der Waals surface area contributed by atoms with Crippen molar-refractivity contribution in [2.45, 2.75) is 38.8 Å². The van der Waals surface area contributed by atoms with Gasteiger partial charge in [-0.05, 0) is 50.8 Å². The highest BCUT2D eigenvalue weighted by Gasteiger charge is 2.37. The Morgan fingerprint density at radius 2 is 2.12 bits per heavy atom. The van der Waals surface area contributed by atoms with Gasteiger partial charge in [-0.25, -0.2) is 0 Å². The molecule has 1 aromatic carbocycles. The molecule has 0 saturated heterocycles. The van der Waals surface area contributed by atoms with Crippen molar-refractivity contribution in [2.24, 2.45) is 5.92 Å². The number of nitrogens with one attached hydrogen (secondary N) is 1. The molecule has 0 aliphatic heterocycles. The lowest BCUT2D eigenvalue weighted by Gasteiger charge is -2.26. The summed E-state index contributed by atoms with van der Waals surface area (Å²) < 4.78 is 5.16. The summed E-state index contributed by atoms with van der Waals surface area (Å²) in [6.45, 7) is 5.12. The Morgan fingerprint density at radius 3 is 2.71 bits per heavy atom. The second-order valence-electron chi connectivity index (χ2n) is 5.34. The molecule has 17 heavy (non-hydrogen) atoms. The van der Waals surface area contributed by atoms with Crippen molar-refractivity contribution in [3.05, 3.63) is 23.8 Å². The number of rotatable bonds is 5. The minimum atomic E-state index is 0.148. The molecule has 0 bridgehead atoms. The van der Waals surface area contributed by atoms with E-state index in [1.165, 1.54) is 12.8 Å². The van der Waals surface area contributed by atoms with Gasteiger partial charge < -0.3 is 15.2 Å². The maximum absolute atomic E-state index is 9.79. The quantitative estimate of drug-likeness (QED) is 0.824. The molecule has 0 unspecified atom stereocenters. The van der Waals surface area contributed by atoms with Gasteiger partial charge in [-0.15, -0.1) is 0 Å². The lowest BCUT2D eigenvalue weighted by atomic mass is 9.98. The Balaban J connectivity index is 2.02. The van der Waals surface area contributed by atoms with Gasteiger partial charge in [0.2, 0.25) is 0 Å². The molecule has 2 N–H and O–H groups in total. The second kappa shape index (κ2) is 4.57. The highest BCUT2D eigenvalue weighted by Crippen LogP contribution is 2.39. The molecular weight excluding hydrogens is 214 g/mol. The van der Waals surface area contributed by atoms with Crippen LogP contribution in [0.2, 0.25) is 0 Å². The minimum absolute atomic E-state index is 0.148. The standard InChI is InChI=1S/C14H21NO2/c1-14(2,11-4-5-11)15-9-10-8-12(17-3)6-7-13(10)16/h6-8,11,15-16H,4-5,9H2,1-3H3. The number of methoxy groups -OCH3 is 1. The molecule has 94 valence electrons. The summed E-state index contributed by atoms with van der Waals surface area (Å²) in [6.07, 6.45) is 2.62. The third-order valence-corrected chi connectivity index (χ3v) is 3.62. The zero-order valence-corrected chi connectivity index (χ0v) is 10.8. The summed E-state index contributed by atoms with van der Waals surface area (Å²) in [6, 6.07) is 5.33. The van der Waals surface area contributed by atoms with Crippen LogP contribution in [-0.4, -0.2) is 17.8 Å². The Kier molecular flexibility index (Phi) is 3.29. The van der Waals surface area contributed by atoms with Gasteiger partial charge in [0.05, 0.1) is 7.11 Å². The van der Waals surface area contributed by atoms with Gasteiger partial charge >= 0.3 is 0 Å². The fraction of sp³-hybridized carbons (Fsp3) is 0.571. The molecule has 0 aromatic heterocycles. The topological polar surface area (TPSA) is 41.5 Å². The molecule has 1 aliphatic carbocycles. The van der Waals surface area contributed by atoms with Crippen LogP contribution in [0.15, 0.2) is 18.2 Å². The lowest BCUT2D eigenvalue weighted by Crippen LogP contribution is -2.40. The molecule has 0 amide bonds. The Bertz CT molecular complexity index is 397. The number of hydrogen-bond acceptors (Lipinski definition) is 3. The number of benzene rings is 1. The zero-order valence-electron chi connectivity index (χ0n) is 10.8. The molecule has 0 spiro atoms. The Hall–Kier alpha value is -1.22. The molecule has 1 fully saturated rings. The van der Waals surface area contributed by atoms with E-state index in [-0.39, 0.29) is 5.54 Å². The normalized spacial score (nSPS) is 15.9. The van der Waals surface area contributed by atoms with Crippen LogP contribution < -0.4 is 10.1 Å². The fourth-order valence-corrected chi connectivity index (χ4v) is 2.10. The lowest BCUT2D eigenvalue weighted by molar-refractivity contribution is 0.335. The van der Waals surface area contributed by atoms with Crippen molar-refractivity contribution in [3.8, 4) is 11.5 Å². The fourth-order valence-electron chi connectivity index (χ4n) is 2.10. The van der Waals surface area contributed by atoms with Crippen molar-refractivity contribution >= 4 is 0 Å². The zero-order chi connectivity index (χ0) is 12.5. The van der Waals surface area contributed by atoms with E-state index in [1.807, 2.05) is 6.07 Å². The minimum Gasteiger partial charge on any atom is -0.508 e. The number of phenolic OH excluding ortho intramolecular Hbond substituents is 1. The van der Waals surface area contributed by atoms with E-state index in [4.69, 9.17) is 4.74 Å². The summed E-state index contributed by atoms with van der Waals surface area (Å²) in [4.78, 5) is 0.